The summed E-state index contributed by atoms with van der Waals surface area (Å²) in [4.78, 5) is 2.33. The third kappa shape index (κ3) is 10.5. The van der Waals surface area contributed by atoms with Crippen LogP contribution in [0, 0.1) is 0 Å². The van der Waals surface area contributed by atoms with Crippen LogP contribution in [-0.4, -0.2) is 0 Å². The summed E-state index contributed by atoms with van der Waals surface area (Å²) >= 11 is 5.31. The molecule has 3 aromatic heterocycles. The molecule has 9 aromatic carbocycles. The van der Waals surface area contributed by atoms with Gasteiger partial charge in [-0.1, -0.05) is 202 Å². The minimum absolute atomic E-state index is 0.250. The zero-order valence-electron chi connectivity index (χ0n) is 43.9. The molecule has 0 saturated heterocycles. The first-order chi connectivity index (χ1) is 38.6. The lowest BCUT2D eigenvalue weighted by Gasteiger charge is -2.37. The third-order valence-corrected chi connectivity index (χ3v) is 17.8. The van der Waals surface area contributed by atoms with Crippen LogP contribution in [0.15, 0.2) is 275 Å². The van der Waals surface area contributed by atoms with E-state index in [0.717, 1.165) is 42.0 Å². The number of benzene rings is 9. The molecule has 0 spiro atoms. The molecule has 0 aliphatic carbocycles. The van der Waals surface area contributed by atoms with E-state index in [2.05, 4.69) is 299 Å². The maximum absolute atomic E-state index is 4.17. The Morgan fingerprint density at radius 1 is 0.359 bits per heavy atom. The number of rotatable bonds is 18. The van der Waals surface area contributed by atoms with Crippen LogP contribution in [0.25, 0.3) is 66.8 Å². The van der Waals surface area contributed by atoms with Gasteiger partial charge in [-0.3, -0.25) is 0 Å². The molecule has 0 fully saturated rings. The van der Waals surface area contributed by atoms with E-state index in [1.54, 1.807) is 34.0 Å². The molecule has 1 atom stereocenters. The Kier molecular flexibility index (Phi) is 15.0. The van der Waals surface area contributed by atoms with Crippen molar-refractivity contribution >= 4 is 56.8 Å². The van der Waals surface area contributed by atoms with Gasteiger partial charge >= 0.3 is 0 Å². The second-order valence-corrected chi connectivity index (χ2v) is 22.3. The maximum Gasteiger partial charge on any atom is 0.0626 e. The van der Waals surface area contributed by atoms with E-state index >= 15 is 0 Å². The van der Waals surface area contributed by atoms with Crippen LogP contribution >= 0.6 is 34.0 Å². The summed E-state index contributed by atoms with van der Waals surface area (Å²) in [6, 6.07) is 88.8. The zero-order chi connectivity index (χ0) is 52.7. The molecule has 0 radical (unpaired) electrons. The Bertz CT molecular complexity index is 3800. The van der Waals surface area contributed by atoms with Crippen molar-refractivity contribution in [3.63, 3.8) is 0 Å². The minimum atomic E-state index is -0.371. The van der Waals surface area contributed by atoms with Crippen molar-refractivity contribution in [3.8, 4) is 66.8 Å². The highest BCUT2D eigenvalue weighted by molar-refractivity contribution is 7.09. The Morgan fingerprint density at radius 2 is 0.744 bits per heavy atom. The predicted octanol–water partition coefficient (Wildman–Crippen LogP) is 21.8. The highest BCUT2D eigenvalue weighted by Gasteiger charge is 2.33. The molecule has 1 N–H and O–H groups in total. The zero-order valence-corrected chi connectivity index (χ0v) is 46.4. The van der Waals surface area contributed by atoms with Crippen LogP contribution in [0.3, 0.4) is 0 Å². The van der Waals surface area contributed by atoms with Gasteiger partial charge in [-0.15, -0.1) is 0 Å². The third-order valence-electron chi connectivity index (χ3n) is 15.6. The van der Waals surface area contributed by atoms with E-state index in [4.69, 9.17) is 0 Å². The van der Waals surface area contributed by atoms with Gasteiger partial charge in [0.1, 0.15) is 0 Å². The van der Waals surface area contributed by atoms with Gasteiger partial charge in [-0.2, -0.15) is 34.0 Å². The summed E-state index contributed by atoms with van der Waals surface area (Å²) in [7, 11) is 0. The molecule has 0 aliphatic rings. The normalized spacial score (nSPS) is 11.8. The van der Waals surface area contributed by atoms with Crippen LogP contribution in [-0.2, 0) is 12.0 Å². The molecule has 0 bridgehead atoms. The van der Waals surface area contributed by atoms with Gasteiger partial charge in [0.25, 0.3) is 0 Å². The number of anilines is 4. The Hall–Kier alpha value is -8.32. The lowest BCUT2D eigenvalue weighted by atomic mass is 9.78. The molecule has 0 saturated carbocycles. The van der Waals surface area contributed by atoms with Crippen molar-refractivity contribution in [2.75, 3.05) is 10.2 Å². The van der Waals surface area contributed by atoms with Gasteiger partial charge in [-0.05, 0) is 162 Å². The molecular formula is C73H60N2S3. The molecule has 3 heterocycles. The first-order valence-electron chi connectivity index (χ1n) is 27.0. The van der Waals surface area contributed by atoms with E-state index in [9.17, 15) is 0 Å². The largest absolute Gasteiger partial charge is 0.376 e. The molecule has 0 aliphatic heterocycles. The molecule has 2 nitrogen and oxygen atoms in total. The molecule has 12 rings (SSSR count). The topological polar surface area (TPSA) is 15.3 Å². The summed E-state index contributed by atoms with van der Waals surface area (Å²) < 4.78 is 0. The summed E-state index contributed by atoms with van der Waals surface area (Å²) in [6.45, 7) is 4.67. The first kappa shape index (κ1) is 50.5. The van der Waals surface area contributed by atoms with Gasteiger partial charge in [0.15, 0.2) is 0 Å². The molecule has 78 heavy (non-hydrogen) atoms. The number of para-hydroxylation sites is 2. The van der Waals surface area contributed by atoms with Crippen LogP contribution in [0.2, 0.25) is 0 Å². The number of nitrogens with zero attached hydrogens (tertiary/aromatic N) is 1. The van der Waals surface area contributed by atoms with Crippen LogP contribution in [0.4, 0.5) is 22.7 Å². The van der Waals surface area contributed by atoms with Crippen LogP contribution < -0.4 is 10.2 Å². The smallest absolute Gasteiger partial charge is 0.0626 e. The number of thiophene rings is 3. The summed E-state index contributed by atoms with van der Waals surface area (Å²) in [6.07, 6.45) is 2.74. The quantitative estimate of drug-likeness (QED) is 0.0921. The van der Waals surface area contributed by atoms with E-state index in [0.29, 0.717) is 0 Å². The lowest BCUT2D eigenvalue weighted by molar-refractivity contribution is 0.456. The summed E-state index contributed by atoms with van der Waals surface area (Å²) in [5.74, 6) is 0.250. The van der Waals surface area contributed by atoms with Gasteiger partial charge in [0, 0.05) is 62.0 Å². The fourth-order valence-electron chi connectivity index (χ4n) is 11.3. The Morgan fingerprint density at radius 3 is 1.27 bits per heavy atom. The standard InChI is InChI=1S/C73H60N2S3/c1-3-73(4-2,74-60-39-34-57(35-40-60)67-47-76-46-66(67)54-24-14-7-15-25-54)72-43-38-59(70-50-77-48-68(70)56-32-30-55(31-33-56)64(53-22-12-6-13-23-53)44-52-20-10-5-11-21-52)45-65(72)71-51-78-49-69(71)58-36-41-63(42-37-58)75(61-26-16-8-17-27-61)62-28-18-9-19-29-62/h5-43,45-51,64,74H,3-4,44H2,1-2H3. The fourth-order valence-corrected chi connectivity index (χ4v) is 13.9. The fraction of sp³-hybridized carbons (Fsp3) is 0.0959. The SMILES string of the molecule is CCC(CC)(Nc1ccc(-c2cscc2-c2ccccc2)cc1)c1ccc(-c2cscc2-c2ccc(C(Cc3ccccc3)c3ccccc3)cc2)cc1-c1cscc1-c1ccc(N(c2ccccc2)c2ccccc2)cc1. The van der Waals surface area contributed by atoms with Gasteiger partial charge < -0.3 is 10.2 Å². The highest BCUT2D eigenvalue weighted by atomic mass is 32.1. The Labute approximate surface area is 472 Å². The van der Waals surface area contributed by atoms with E-state index < -0.39 is 0 Å². The second-order valence-electron chi connectivity index (χ2n) is 20.0. The number of nitrogens with one attached hydrogen (secondary N) is 1. The van der Waals surface area contributed by atoms with Crippen molar-refractivity contribution < 1.29 is 0 Å². The summed E-state index contributed by atoms with van der Waals surface area (Å²) in [5.41, 5.74) is 24.3. The van der Waals surface area contributed by atoms with E-state index in [1.807, 2.05) is 0 Å². The Balaban J connectivity index is 0.928. The number of hydrogen-bond acceptors (Lipinski definition) is 5. The second kappa shape index (κ2) is 23.1. The molecule has 5 heteroatoms. The van der Waals surface area contributed by atoms with Crippen molar-refractivity contribution in [3.05, 3.63) is 297 Å². The average molecular weight is 1060 g/mol. The van der Waals surface area contributed by atoms with Crippen molar-refractivity contribution in [2.45, 2.75) is 44.6 Å². The van der Waals surface area contributed by atoms with Gasteiger partial charge in [0.2, 0.25) is 0 Å². The molecule has 12 aromatic rings. The lowest BCUT2D eigenvalue weighted by Crippen LogP contribution is -2.34. The van der Waals surface area contributed by atoms with E-state index in [1.165, 1.54) is 89.0 Å². The highest BCUT2D eigenvalue weighted by Crippen LogP contribution is 2.48. The molecule has 0 amide bonds. The van der Waals surface area contributed by atoms with Crippen molar-refractivity contribution in [1.29, 1.82) is 0 Å². The molecule has 1 unspecified atom stereocenters. The molecule has 380 valence electrons. The van der Waals surface area contributed by atoms with Crippen LogP contribution in [0.1, 0.15) is 54.9 Å². The van der Waals surface area contributed by atoms with Crippen molar-refractivity contribution in [1.82, 2.24) is 0 Å². The predicted molar refractivity (Wildman–Crippen MR) is 338 cm³/mol. The van der Waals surface area contributed by atoms with Crippen molar-refractivity contribution in [2.24, 2.45) is 0 Å². The number of hydrogen-bond donors (Lipinski definition) is 1. The van der Waals surface area contributed by atoms with Gasteiger partial charge in [-0.25, -0.2) is 0 Å². The average Bonchev–Trinajstić information content (AvgIpc) is 4.42. The molecular weight excluding hydrogens is 1000 g/mol. The minimum Gasteiger partial charge on any atom is -0.376 e. The van der Waals surface area contributed by atoms with Crippen LogP contribution in [0.5, 0.6) is 0 Å². The summed E-state index contributed by atoms with van der Waals surface area (Å²) in [5, 5.41) is 18.1. The van der Waals surface area contributed by atoms with Gasteiger partial charge in [0.05, 0.1) is 5.54 Å². The maximum atomic E-state index is 4.17. The van der Waals surface area contributed by atoms with E-state index in [-0.39, 0.29) is 11.5 Å². The first-order valence-corrected chi connectivity index (χ1v) is 29.9. The monoisotopic (exact) mass is 1060 g/mol.